The summed E-state index contributed by atoms with van der Waals surface area (Å²) in [5.74, 6) is 0.991. The molecule has 0 amide bonds. The molecule has 0 radical (unpaired) electrons. The second-order valence-corrected chi connectivity index (χ2v) is 8.96. The SMILES string of the molecule is O[C@H](Cn1nc(-c2ccc(F)cc2)nc1-c1ccc(F)cc1)N1CCN(c2noc3ccccc23)CC1. The smallest absolute Gasteiger partial charge is 0.181 e. The molecule has 0 unspecified atom stereocenters. The molecule has 0 spiro atoms. The van der Waals surface area contributed by atoms with Gasteiger partial charge in [-0.3, -0.25) is 4.90 Å². The van der Waals surface area contributed by atoms with Crippen LogP contribution in [-0.4, -0.2) is 62.3 Å². The first-order valence-corrected chi connectivity index (χ1v) is 12.0. The highest BCUT2D eigenvalue weighted by molar-refractivity contribution is 5.88. The van der Waals surface area contributed by atoms with Crippen LogP contribution in [0.25, 0.3) is 33.7 Å². The summed E-state index contributed by atoms with van der Waals surface area (Å²) in [5, 5.41) is 20.9. The Bertz CT molecular complexity index is 1510. The maximum absolute atomic E-state index is 13.5. The quantitative estimate of drug-likeness (QED) is 0.373. The van der Waals surface area contributed by atoms with Gasteiger partial charge in [0.1, 0.15) is 17.9 Å². The van der Waals surface area contributed by atoms with Crippen molar-refractivity contribution in [3.8, 4) is 22.8 Å². The minimum Gasteiger partial charge on any atom is -0.376 e. The van der Waals surface area contributed by atoms with Crippen molar-refractivity contribution < 1.29 is 18.4 Å². The average Bonchev–Trinajstić information content (AvgIpc) is 3.54. The molecule has 1 fully saturated rings. The summed E-state index contributed by atoms with van der Waals surface area (Å²) in [6.07, 6.45) is -0.821. The maximum atomic E-state index is 13.5. The molecular formula is C27H24F2N6O2. The van der Waals surface area contributed by atoms with Crippen molar-refractivity contribution in [2.24, 2.45) is 0 Å². The normalized spacial score (nSPS) is 15.4. The zero-order chi connectivity index (χ0) is 25.4. The number of benzene rings is 3. The van der Waals surface area contributed by atoms with E-state index in [0.29, 0.717) is 49.0 Å². The van der Waals surface area contributed by atoms with E-state index in [1.54, 1.807) is 28.9 Å². The van der Waals surface area contributed by atoms with E-state index in [0.717, 1.165) is 16.8 Å². The van der Waals surface area contributed by atoms with Gasteiger partial charge in [0.15, 0.2) is 23.0 Å². The third-order valence-corrected chi connectivity index (χ3v) is 6.61. The first kappa shape index (κ1) is 23.3. The van der Waals surface area contributed by atoms with Crippen LogP contribution in [-0.2, 0) is 6.54 Å². The Labute approximate surface area is 211 Å². The fraction of sp³-hybridized carbons (Fsp3) is 0.222. The highest BCUT2D eigenvalue weighted by atomic mass is 19.1. The van der Waals surface area contributed by atoms with E-state index < -0.39 is 6.23 Å². The summed E-state index contributed by atoms with van der Waals surface area (Å²) >= 11 is 0. The van der Waals surface area contributed by atoms with Gasteiger partial charge in [0, 0.05) is 37.3 Å². The Morgan fingerprint density at radius 2 is 1.49 bits per heavy atom. The predicted molar refractivity (Wildman–Crippen MR) is 135 cm³/mol. The molecule has 5 aromatic rings. The minimum atomic E-state index is -0.821. The topological polar surface area (TPSA) is 83.5 Å². The molecule has 6 rings (SSSR count). The van der Waals surface area contributed by atoms with E-state index in [1.165, 1.54) is 24.3 Å². The molecular weight excluding hydrogens is 478 g/mol. The molecule has 0 saturated carbocycles. The Kier molecular flexibility index (Phi) is 6.11. The van der Waals surface area contributed by atoms with E-state index in [-0.39, 0.29) is 18.2 Å². The molecule has 0 aliphatic carbocycles. The van der Waals surface area contributed by atoms with Gasteiger partial charge in [0.25, 0.3) is 0 Å². The number of fused-ring (bicyclic) bond motifs is 1. The summed E-state index contributed by atoms with van der Waals surface area (Å²) in [5.41, 5.74) is 2.06. The van der Waals surface area contributed by atoms with Crippen LogP contribution in [0.1, 0.15) is 0 Å². The fourth-order valence-corrected chi connectivity index (χ4v) is 4.61. The van der Waals surface area contributed by atoms with Crippen LogP contribution in [0.3, 0.4) is 0 Å². The van der Waals surface area contributed by atoms with E-state index in [2.05, 4.69) is 20.1 Å². The summed E-state index contributed by atoms with van der Waals surface area (Å²) in [7, 11) is 0. The van der Waals surface area contributed by atoms with Gasteiger partial charge in [0.05, 0.1) is 11.9 Å². The van der Waals surface area contributed by atoms with Crippen molar-refractivity contribution in [3.05, 3.63) is 84.4 Å². The molecule has 1 aliphatic rings. The van der Waals surface area contributed by atoms with Crippen LogP contribution in [0.15, 0.2) is 77.3 Å². The van der Waals surface area contributed by atoms with Crippen LogP contribution in [0.4, 0.5) is 14.6 Å². The summed E-state index contributed by atoms with van der Waals surface area (Å²) < 4.78 is 34.0. The van der Waals surface area contributed by atoms with Gasteiger partial charge in [-0.15, -0.1) is 0 Å². The van der Waals surface area contributed by atoms with Crippen molar-refractivity contribution in [1.29, 1.82) is 0 Å². The van der Waals surface area contributed by atoms with Gasteiger partial charge in [-0.25, -0.2) is 18.4 Å². The number of para-hydroxylation sites is 1. The summed E-state index contributed by atoms with van der Waals surface area (Å²) in [6.45, 7) is 2.75. The molecule has 1 aliphatic heterocycles. The third-order valence-electron chi connectivity index (χ3n) is 6.61. The number of hydrogen-bond acceptors (Lipinski definition) is 7. The predicted octanol–water partition coefficient (Wildman–Crippen LogP) is 4.17. The Hall–Kier alpha value is -4.15. The molecule has 3 aromatic carbocycles. The monoisotopic (exact) mass is 502 g/mol. The van der Waals surface area contributed by atoms with Crippen LogP contribution >= 0.6 is 0 Å². The molecule has 1 N–H and O–H groups in total. The standard InChI is InChI=1S/C27H24F2N6O2/c28-20-9-5-18(6-10-20)25-30-26(19-7-11-21(29)12-8-19)35(31-25)17-24(36)33-13-15-34(16-14-33)27-22-3-1-2-4-23(22)37-32-27/h1-12,24,36H,13-17H2/t24-/m1/s1. The van der Waals surface area contributed by atoms with Gasteiger partial charge in [-0.2, -0.15) is 5.10 Å². The van der Waals surface area contributed by atoms with Gasteiger partial charge in [-0.1, -0.05) is 17.3 Å². The zero-order valence-corrected chi connectivity index (χ0v) is 19.8. The third kappa shape index (κ3) is 4.68. The fourth-order valence-electron chi connectivity index (χ4n) is 4.61. The van der Waals surface area contributed by atoms with Crippen molar-refractivity contribution in [3.63, 3.8) is 0 Å². The molecule has 1 atom stereocenters. The number of piperazine rings is 1. The van der Waals surface area contributed by atoms with E-state index in [4.69, 9.17) is 4.52 Å². The lowest BCUT2D eigenvalue weighted by atomic mass is 10.2. The molecule has 3 heterocycles. The van der Waals surface area contributed by atoms with Crippen LogP contribution in [0.5, 0.6) is 0 Å². The maximum Gasteiger partial charge on any atom is 0.181 e. The first-order chi connectivity index (χ1) is 18.0. The van der Waals surface area contributed by atoms with Gasteiger partial charge in [0.2, 0.25) is 0 Å². The van der Waals surface area contributed by atoms with Crippen molar-refractivity contribution in [2.45, 2.75) is 12.8 Å². The number of nitrogens with zero attached hydrogens (tertiary/aromatic N) is 6. The largest absolute Gasteiger partial charge is 0.376 e. The number of aliphatic hydroxyl groups excluding tert-OH is 1. The van der Waals surface area contributed by atoms with Crippen LogP contribution < -0.4 is 4.90 Å². The lowest BCUT2D eigenvalue weighted by Gasteiger charge is -2.37. The summed E-state index contributed by atoms with van der Waals surface area (Å²) in [4.78, 5) is 8.77. The molecule has 10 heteroatoms. The Morgan fingerprint density at radius 3 is 2.19 bits per heavy atom. The summed E-state index contributed by atoms with van der Waals surface area (Å²) in [6, 6.07) is 19.6. The van der Waals surface area contributed by atoms with Crippen molar-refractivity contribution >= 4 is 16.8 Å². The average molecular weight is 503 g/mol. The zero-order valence-electron chi connectivity index (χ0n) is 19.8. The molecule has 0 bridgehead atoms. The molecule has 8 nitrogen and oxygen atoms in total. The molecule has 2 aromatic heterocycles. The second-order valence-electron chi connectivity index (χ2n) is 8.96. The Morgan fingerprint density at radius 1 is 0.838 bits per heavy atom. The van der Waals surface area contributed by atoms with E-state index in [9.17, 15) is 13.9 Å². The van der Waals surface area contributed by atoms with E-state index in [1.807, 2.05) is 29.2 Å². The highest BCUT2D eigenvalue weighted by Gasteiger charge is 2.26. The number of halogens is 2. The van der Waals surface area contributed by atoms with E-state index >= 15 is 0 Å². The van der Waals surface area contributed by atoms with Crippen LogP contribution in [0.2, 0.25) is 0 Å². The van der Waals surface area contributed by atoms with Crippen LogP contribution in [0, 0.1) is 11.6 Å². The van der Waals surface area contributed by atoms with Gasteiger partial charge in [-0.05, 0) is 60.7 Å². The number of aromatic nitrogens is 4. The first-order valence-electron chi connectivity index (χ1n) is 12.0. The number of hydrogen-bond donors (Lipinski definition) is 1. The van der Waals surface area contributed by atoms with Gasteiger partial charge >= 0.3 is 0 Å². The number of anilines is 1. The molecule has 1 saturated heterocycles. The lowest BCUT2D eigenvalue weighted by Crippen LogP contribution is -2.51. The number of rotatable bonds is 6. The highest BCUT2D eigenvalue weighted by Crippen LogP contribution is 2.27. The number of aliphatic hydroxyl groups is 1. The van der Waals surface area contributed by atoms with Gasteiger partial charge < -0.3 is 14.5 Å². The molecule has 188 valence electrons. The Balaban J connectivity index is 1.21. The molecule has 37 heavy (non-hydrogen) atoms. The van der Waals surface area contributed by atoms with Crippen molar-refractivity contribution in [1.82, 2.24) is 24.8 Å². The lowest BCUT2D eigenvalue weighted by molar-refractivity contribution is -0.0136. The second kappa shape index (κ2) is 9.72. The minimum absolute atomic E-state index is 0.161. The van der Waals surface area contributed by atoms with Crippen molar-refractivity contribution in [2.75, 3.05) is 31.1 Å².